The van der Waals surface area contributed by atoms with E-state index < -0.39 is 28.8 Å². The Labute approximate surface area is 169 Å². The standard InChI is InChI=1S/C20H19BrN2O5/c1-18(2,3)28-17(25)23-19-11-8-7-10(21)9-14(11)27-20(19,26)12-5-4-6-13(22)15(12)16(19)24/h4-9,26H,22H2,1-3H3,(H,23,25)/t19?,20-/m0/s1. The van der Waals surface area contributed by atoms with Crippen LogP contribution in [0.25, 0.3) is 0 Å². The molecule has 7 nitrogen and oxygen atoms in total. The Morgan fingerprint density at radius 3 is 2.64 bits per heavy atom. The van der Waals surface area contributed by atoms with Crippen molar-refractivity contribution in [3.63, 3.8) is 0 Å². The summed E-state index contributed by atoms with van der Waals surface area (Å²) in [6, 6.07) is 9.68. The zero-order valence-electron chi connectivity index (χ0n) is 15.5. The van der Waals surface area contributed by atoms with Gasteiger partial charge in [0.15, 0.2) is 0 Å². The van der Waals surface area contributed by atoms with Crippen molar-refractivity contribution >= 4 is 33.5 Å². The lowest BCUT2D eigenvalue weighted by atomic mass is 9.83. The van der Waals surface area contributed by atoms with Gasteiger partial charge < -0.3 is 20.3 Å². The van der Waals surface area contributed by atoms with Gasteiger partial charge in [0.2, 0.25) is 11.3 Å². The molecule has 146 valence electrons. The molecule has 8 heteroatoms. The molecule has 0 saturated carbocycles. The highest BCUT2D eigenvalue weighted by Gasteiger charge is 2.72. The zero-order valence-corrected chi connectivity index (χ0v) is 17.1. The summed E-state index contributed by atoms with van der Waals surface area (Å²) >= 11 is 3.35. The summed E-state index contributed by atoms with van der Waals surface area (Å²) in [5, 5.41) is 14.2. The van der Waals surface area contributed by atoms with Crippen LogP contribution in [0.2, 0.25) is 0 Å². The largest absolute Gasteiger partial charge is 0.454 e. The molecule has 2 aromatic rings. The molecule has 1 unspecified atom stereocenters. The maximum absolute atomic E-state index is 13.6. The van der Waals surface area contributed by atoms with E-state index in [0.29, 0.717) is 10.0 Å². The van der Waals surface area contributed by atoms with Crippen LogP contribution in [0, 0.1) is 0 Å². The number of aliphatic hydroxyl groups is 1. The average molecular weight is 447 g/mol. The van der Waals surface area contributed by atoms with Crippen molar-refractivity contribution in [1.82, 2.24) is 5.32 Å². The first-order chi connectivity index (χ1) is 13.0. The van der Waals surface area contributed by atoms with Crippen molar-refractivity contribution in [3.8, 4) is 5.75 Å². The average Bonchev–Trinajstić information content (AvgIpc) is 2.90. The van der Waals surface area contributed by atoms with Gasteiger partial charge >= 0.3 is 6.09 Å². The number of fused-ring (bicyclic) bond motifs is 5. The molecule has 1 aliphatic carbocycles. The van der Waals surface area contributed by atoms with Gasteiger partial charge in [0, 0.05) is 21.3 Å². The van der Waals surface area contributed by atoms with Gasteiger partial charge in [-0.3, -0.25) is 10.1 Å². The molecule has 0 bridgehead atoms. The fourth-order valence-corrected chi connectivity index (χ4v) is 4.14. The number of hydrogen-bond donors (Lipinski definition) is 3. The van der Waals surface area contributed by atoms with Crippen molar-refractivity contribution < 1.29 is 24.2 Å². The molecule has 4 rings (SSSR count). The number of ketones is 1. The van der Waals surface area contributed by atoms with Crippen molar-refractivity contribution in [2.24, 2.45) is 0 Å². The van der Waals surface area contributed by atoms with Crippen LogP contribution in [-0.4, -0.2) is 22.6 Å². The molecule has 28 heavy (non-hydrogen) atoms. The Morgan fingerprint density at radius 2 is 1.96 bits per heavy atom. The SMILES string of the molecule is CC(C)(C)OC(=O)NC12C(=O)c3c(N)cccc3[C@]1(O)Oc1cc(Br)ccc12. The van der Waals surface area contributed by atoms with E-state index in [9.17, 15) is 14.7 Å². The van der Waals surface area contributed by atoms with Crippen molar-refractivity contribution in [2.75, 3.05) is 5.73 Å². The van der Waals surface area contributed by atoms with Gasteiger partial charge in [-0.1, -0.05) is 34.1 Å². The Hall–Kier alpha value is -2.58. The van der Waals surface area contributed by atoms with E-state index in [2.05, 4.69) is 21.2 Å². The smallest absolute Gasteiger partial charge is 0.408 e. The third-order valence-corrected chi connectivity index (χ3v) is 5.32. The summed E-state index contributed by atoms with van der Waals surface area (Å²) in [7, 11) is 0. The lowest BCUT2D eigenvalue weighted by Crippen LogP contribution is -2.60. The highest BCUT2D eigenvalue weighted by Crippen LogP contribution is 2.59. The minimum Gasteiger partial charge on any atom is -0.454 e. The highest BCUT2D eigenvalue weighted by molar-refractivity contribution is 9.10. The van der Waals surface area contributed by atoms with E-state index in [1.54, 1.807) is 57.2 Å². The molecule has 4 N–H and O–H groups in total. The predicted octanol–water partition coefficient (Wildman–Crippen LogP) is 3.19. The van der Waals surface area contributed by atoms with E-state index in [0.717, 1.165) is 0 Å². The number of ether oxygens (including phenoxy) is 2. The monoisotopic (exact) mass is 446 g/mol. The summed E-state index contributed by atoms with van der Waals surface area (Å²) in [5.41, 5.74) is 4.14. The molecule has 1 aliphatic heterocycles. The lowest BCUT2D eigenvalue weighted by molar-refractivity contribution is -0.170. The number of carbonyl (C=O) groups is 2. The van der Waals surface area contributed by atoms with Gasteiger partial charge in [-0.05, 0) is 39.0 Å². The third-order valence-electron chi connectivity index (χ3n) is 4.83. The minimum absolute atomic E-state index is 0.120. The second kappa shape index (κ2) is 5.71. The van der Waals surface area contributed by atoms with Crippen molar-refractivity contribution in [2.45, 2.75) is 37.7 Å². The van der Waals surface area contributed by atoms with Crippen LogP contribution in [0.1, 0.15) is 42.3 Å². The summed E-state index contributed by atoms with van der Waals surface area (Å²) in [5.74, 6) is -2.45. The lowest BCUT2D eigenvalue weighted by Gasteiger charge is -2.35. The first kappa shape index (κ1) is 18.8. The molecule has 2 atom stereocenters. The summed E-state index contributed by atoms with van der Waals surface area (Å²) in [4.78, 5) is 26.2. The molecule has 0 saturated heterocycles. The molecule has 2 aliphatic rings. The van der Waals surface area contributed by atoms with Gasteiger partial charge in [0.25, 0.3) is 5.79 Å². The predicted molar refractivity (Wildman–Crippen MR) is 105 cm³/mol. The first-order valence-electron chi connectivity index (χ1n) is 8.66. The van der Waals surface area contributed by atoms with Crippen molar-refractivity contribution in [1.29, 1.82) is 0 Å². The van der Waals surface area contributed by atoms with E-state index in [4.69, 9.17) is 15.2 Å². The van der Waals surface area contributed by atoms with Crippen LogP contribution >= 0.6 is 15.9 Å². The van der Waals surface area contributed by atoms with Crippen LogP contribution in [0.5, 0.6) is 5.75 Å². The van der Waals surface area contributed by atoms with Gasteiger partial charge in [0.05, 0.1) is 5.56 Å². The van der Waals surface area contributed by atoms with Gasteiger partial charge in [0.1, 0.15) is 11.4 Å². The maximum Gasteiger partial charge on any atom is 0.408 e. The molecule has 0 aromatic heterocycles. The number of rotatable bonds is 1. The first-order valence-corrected chi connectivity index (χ1v) is 9.45. The zero-order chi connectivity index (χ0) is 20.5. The summed E-state index contributed by atoms with van der Waals surface area (Å²) < 4.78 is 11.9. The van der Waals surface area contributed by atoms with E-state index >= 15 is 0 Å². The number of nitrogens with one attached hydrogen (secondary N) is 1. The summed E-state index contributed by atoms with van der Waals surface area (Å²) in [6.07, 6.45) is -0.856. The fourth-order valence-electron chi connectivity index (χ4n) is 3.80. The molecule has 2 aromatic carbocycles. The molecule has 1 heterocycles. The van der Waals surface area contributed by atoms with Crippen molar-refractivity contribution in [3.05, 3.63) is 57.6 Å². The molecule has 0 fully saturated rings. The number of hydrogen-bond acceptors (Lipinski definition) is 6. The Morgan fingerprint density at radius 1 is 1.25 bits per heavy atom. The number of nitrogen functional groups attached to an aromatic ring is 1. The number of benzene rings is 2. The third kappa shape index (κ3) is 2.37. The quantitative estimate of drug-likeness (QED) is 0.580. The Balaban J connectivity index is 1.94. The Kier molecular flexibility index (Phi) is 3.83. The molecular formula is C20H19BrN2O5. The normalized spacial score (nSPS) is 24.8. The maximum atomic E-state index is 13.6. The number of alkyl carbamates (subject to hydrolysis) is 1. The van der Waals surface area contributed by atoms with Gasteiger partial charge in [-0.25, -0.2) is 4.79 Å². The Bertz CT molecular complexity index is 1030. The number of anilines is 1. The van der Waals surface area contributed by atoms with Gasteiger partial charge in [-0.2, -0.15) is 0 Å². The fraction of sp³-hybridized carbons (Fsp3) is 0.300. The second-order valence-corrected chi connectivity index (χ2v) is 8.78. The molecule has 1 amide bonds. The second-order valence-electron chi connectivity index (χ2n) is 7.86. The number of Topliss-reactive ketones (excluding diaryl/α,β-unsaturated/α-hetero) is 1. The van der Waals surface area contributed by atoms with E-state index in [1.807, 2.05) is 0 Å². The number of halogens is 1. The molecule has 0 radical (unpaired) electrons. The van der Waals surface area contributed by atoms with E-state index in [-0.39, 0.29) is 22.6 Å². The molecule has 0 spiro atoms. The number of nitrogens with two attached hydrogens (primary N) is 1. The highest BCUT2D eigenvalue weighted by atomic mass is 79.9. The van der Waals surface area contributed by atoms with Crippen LogP contribution in [-0.2, 0) is 16.1 Å². The minimum atomic E-state index is -2.16. The number of amides is 1. The van der Waals surface area contributed by atoms with Crippen LogP contribution < -0.4 is 15.8 Å². The van der Waals surface area contributed by atoms with Gasteiger partial charge in [-0.15, -0.1) is 0 Å². The summed E-state index contributed by atoms with van der Waals surface area (Å²) in [6.45, 7) is 5.11. The van der Waals surface area contributed by atoms with E-state index in [1.165, 1.54) is 0 Å². The van der Waals surface area contributed by atoms with Crippen LogP contribution in [0.15, 0.2) is 40.9 Å². The molecular weight excluding hydrogens is 428 g/mol. The number of carbonyl (C=O) groups excluding carboxylic acids is 2. The van der Waals surface area contributed by atoms with Crippen LogP contribution in [0.4, 0.5) is 10.5 Å². The topological polar surface area (TPSA) is 111 Å². The van der Waals surface area contributed by atoms with Crippen LogP contribution in [0.3, 0.4) is 0 Å².